The molecule has 2 rings (SSSR count). The first kappa shape index (κ1) is 16.1. The molecule has 9 heteroatoms. The topological polar surface area (TPSA) is 119 Å². The fourth-order valence-corrected chi connectivity index (χ4v) is 2.23. The minimum Gasteiger partial charge on any atom is -0.392 e. The van der Waals surface area contributed by atoms with E-state index in [4.69, 9.17) is 16.9 Å². The van der Waals surface area contributed by atoms with E-state index in [0.29, 0.717) is 0 Å². The number of terminal acetylenes is 1. The SMILES string of the molecule is C#C[C@]1(CO)O[C@@H](C(=C)n2ncnc(N)/c2=N/C)[C@H](F)[C@@H]1O. The Bertz CT molecular complexity index is 698. The Morgan fingerprint density at radius 2 is 2.45 bits per heavy atom. The van der Waals surface area contributed by atoms with Gasteiger partial charge in [-0.2, -0.15) is 5.10 Å². The van der Waals surface area contributed by atoms with E-state index in [0.717, 1.165) is 11.0 Å². The second kappa shape index (κ2) is 5.84. The Hall–Kier alpha value is -2.28. The molecule has 1 aliphatic rings. The maximum absolute atomic E-state index is 14.4. The average molecular weight is 309 g/mol. The summed E-state index contributed by atoms with van der Waals surface area (Å²) in [5.41, 5.74) is 4.01. The van der Waals surface area contributed by atoms with Crippen LogP contribution < -0.4 is 11.2 Å². The first-order valence-electron chi connectivity index (χ1n) is 6.32. The molecule has 22 heavy (non-hydrogen) atoms. The zero-order valence-electron chi connectivity index (χ0n) is 11.8. The molecule has 0 aromatic carbocycles. The number of aliphatic hydroxyl groups is 2. The molecule has 0 spiro atoms. The number of hydrogen-bond acceptors (Lipinski definition) is 7. The predicted octanol–water partition coefficient (Wildman–Crippen LogP) is -1.68. The van der Waals surface area contributed by atoms with Crippen molar-refractivity contribution >= 4 is 11.5 Å². The van der Waals surface area contributed by atoms with Crippen molar-refractivity contribution in [3.63, 3.8) is 0 Å². The number of alkyl halides is 1. The van der Waals surface area contributed by atoms with Gasteiger partial charge in [-0.05, 0) is 0 Å². The minimum atomic E-state index is -1.90. The lowest BCUT2D eigenvalue weighted by atomic mass is 9.96. The van der Waals surface area contributed by atoms with Crippen LogP contribution in [0.25, 0.3) is 5.70 Å². The van der Waals surface area contributed by atoms with Gasteiger partial charge >= 0.3 is 0 Å². The Morgan fingerprint density at radius 3 is 2.95 bits per heavy atom. The predicted molar refractivity (Wildman–Crippen MR) is 75.7 cm³/mol. The van der Waals surface area contributed by atoms with Crippen molar-refractivity contribution in [1.29, 1.82) is 0 Å². The Kier molecular flexibility index (Phi) is 4.27. The standard InChI is InChI=1S/C13H16FN5O3/c1-4-13(5-20)10(21)8(14)9(22-13)7(2)19-12(16-3)11(15)17-6-18-19/h1,6,8-10,20-21H,2,5H2,3H3,(H2,15,17,18)/b16-12-/t8-,9-,10-,13+/m0/s1. The highest BCUT2D eigenvalue weighted by Gasteiger charge is 2.55. The molecule has 2 heterocycles. The van der Waals surface area contributed by atoms with Gasteiger partial charge in [0.2, 0.25) is 0 Å². The zero-order valence-corrected chi connectivity index (χ0v) is 11.8. The molecule has 1 aromatic heterocycles. The summed E-state index contributed by atoms with van der Waals surface area (Å²) in [6, 6.07) is 0. The van der Waals surface area contributed by atoms with Gasteiger partial charge in [0.1, 0.15) is 18.5 Å². The summed E-state index contributed by atoms with van der Waals surface area (Å²) in [6.45, 7) is 2.97. The van der Waals surface area contributed by atoms with Crippen LogP contribution in [0.5, 0.6) is 0 Å². The summed E-state index contributed by atoms with van der Waals surface area (Å²) < 4.78 is 20.9. The second-order valence-electron chi connectivity index (χ2n) is 4.72. The summed E-state index contributed by atoms with van der Waals surface area (Å²) in [5.74, 6) is 2.16. The third kappa shape index (κ3) is 2.27. The van der Waals surface area contributed by atoms with Crippen LogP contribution in [-0.2, 0) is 4.74 Å². The number of aliphatic hydroxyl groups excluding tert-OH is 2. The van der Waals surface area contributed by atoms with E-state index in [1.54, 1.807) is 0 Å². The number of ether oxygens (including phenoxy) is 1. The van der Waals surface area contributed by atoms with Crippen LogP contribution in [0.4, 0.5) is 10.2 Å². The molecule has 118 valence electrons. The van der Waals surface area contributed by atoms with E-state index < -0.39 is 30.6 Å². The molecule has 1 saturated heterocycles. The fourth-order valence-electron chi connectivity index (χ4n) is 2.23. The van der Waals surface area contributed by atoms with Crippen molar-refractivity contribution in [3.05, 3.63) is 18.4 Å². The molecule has 0 aliphatic carbocycles. The molecule has 0 bridgehead atoms. The lowest BCUT2D eigenvalue weighted by Gasteiger charge is -2.23. The van der Waals surface area contributed by atoms with Gasteiger partial charge in [0, 0.05) is 7.05 Å². The second-order valence-corrected chi connectivity index (χ2v) is 4.72. The highest BCUT2D eigenvalue weighted by molar-refractivity contribution is 5.49. The number of rotatable bonds is 3. The number of nitrogen functional groups attached to an aromatic ring is 1. The van der Waals surface area contributed by atoms with Crippen LogP contribution in [0.1, 0.15) is 0 Å². The van der Waals surface area contributed by atoms with Gasteiger partial charge in [-0.15, -0.1) is 6.42 Å². The third-order valence-electron chi connectivity index (χ3n) is 3.49. The lowest BCUT2D eigenvalue weighted by Crippen LogP contribution is -2.44. The summed E-state index contributed by atoms with van der Waals surface area (Å²) in [5, 5.41) is 23.2. The third-order valence-corrected chi connectivity index (χ3v) is 3.49. The molecule has 1 aromatic rings. The normalized spacial score (nSPS) is 32.0. The van der Waals surface area contributed by atoms with Crippen molar-refractivity contribution in [2.45, 2.75) is 24.0 Å². The smallest absolute Gasteiger partial charge is 0.191 e. The Labute approximate surface area is 125 Å². The van der Waals surface area contributed by atoms with Gasteiger partial charge in [0.15, 0.2) is 23.1 Å². The molecule has 4 atom stereocenters. The molecule has 1 fully saturated rings. The van der Waals surface area contributed by atoms with E-state index in [1.165, 1.54) is 7.05 Å². The van der Waals surface area contributed by atoms with Gasteiger partial charge < -0.3 is 20.7 Å². The quantitative estimate of drug-likeness (QED) is 0.574. The van der Waals surface area contributed by atoms with Crippen molar-refractivity contribution in [1.82, 2.24) is 14.8 Å². The summed E-state index contributed by atoms with van der Waals surface area (Å²) in [4.78, 5) is 7.67. The van der Waals surface area contributed by atoms with Gasteiger partial charge in [0.05, 0.1) is 12.3 Å². The highest BCUT2D eigenvalue weighted by Crippen LogP contribution is 2.36. The lowest BCUT2D eigenvalue weighted by molar-refractivity contribution is -0.0612. The molecular formula is C13H16FN5O3. The molecule has 4 N–H and O–H groups in total. The molecule has 0 radical (unpaired) electrons. The monoisotopic (exact) mass is 309 g/mol. The maximum Gasteiger partial charge on any atom is 0.191 e. The largest absolute Gasteiger partial charge is 0.392 e. The summed E-state index contributed by atoms with van der Waals surface area (Å²) in [7, 11) is 1.45. The van der Waals surface area contributed by atoms with Crippen LogP contribution in [-0.4, -0.2) is 62.6 Å². The van der Waals surface area contributed by atoms with Gasteiger partial charge in [0.25, 0.3) is 0 Å². The zero-order chi connectivity index (χ0) is 16.5. The van der Waals surface area contributed by atoms with Crippen molar-refractivity contribution < 1.29 is 19.3 Å². The Morgan fingerprint density at radius 1 is 1.77 bits per heavy atom. The first-order valence-corrected chi connectivity index (χ1v) is 6.32. The van der Waals surface area contributed by atoms with Gasteiger partial charge in [-0.3, -0.25) is 4.99 Å². The molecular weight excluding hydrogens is 293 g/mol. The minimum absolute atomic E-state index is 0.0202. The fraction of sp³-hybridized carbons (Fsp3) is 0.462. The highest BCUT2D eigenvalue weighted by atomic mass is 19.1. The van der Waals surface area contributed by atoms with E-state index in [-0.39, 0.29) is 17.0 Å². The summed E-state index contributed by atoms with van der Waals surface area (Å²) >= 11 is 0. The number of nitrogens with zero attached hydrogens (tertiary/aromatic N) is 4. The molecule has 0 saturated carbocycles. The molecule has 0 unspecified atom stereocenters. The number of hydrogen-bond donors (Lipinski definition) is 3. The molecule has 8 nitrogen and oxygen atoms in total. The van der Waals surface area contributed by atoms with E-state index in [2.05, 4.69) is 27.6 Å². The van der Waals surface area contributed by atoms with Gasteiger partial charge in [-0.25, -0.2) is 14.1 Å². The molecule has 0 amide bonds. The molecule has 1 aliphatic heterocycles. The first-order chi connectivity index (χ1) is 10.4. The van der Waals surface area contributed by atoms with Crippen LogP contribution in [0.2, 0.25) is 0 Å². The maximum atomic E-state index is 14.4. The average Bonchev–Trinajstić information content (AvgIpc) is 2.79. The van der Waals surface area contributed by atoms with E-state index >= 15 is 0 Å². The number of nitrogens with two attached hydrogens (primary N) is 1. The number of halogens is 1. The van der Waals surface area contributed by atoms with Crippen molar-refractivity contribution in [2.24, 2.45) is 4.99 Å². The van der Waals surface area contributed by atoms with Gasteiger partial charge in [-0.1, -0.05) is 12.5 Å². The van der Waals surface area contributed by atoms with Crippen LogP contribution in [0, 0.1) is 12.3 Å². The van der Waals surface area contributed by atoms with Crippen molar-refractivity contribution in [2.75, 3.05) is 19.4 Å². The van der Waals surface area contributed by atoms with E-state index in [1.807, 2.05) is 0 Å². The van der Waals surface area contributed by atoms with Crippen LogP contribution >= 0.6 is 0 Å². The summed E-state index contributed by atoms with van der Waals surface area (Å²) in [6.07, 6.45) is 1.48. The number of anilines is 1. The van der Waals surface area contributed by atoms with E-state index in [9.17, 15) is 14.6 Å². The van der Waals surface area contributed by atoms with Crippen LogP contribution in [0.15, 0.2) is 17.9 Å². The van der Waals surface area contributed by atoms with Crippen LogP contribution in [0.3, 0.4) is 0 Å². The Balaban J connectivity index is 2.45. The van der Waals surface area contributed by atoms with Crippen molar-refractivity contribution in [3.8, 4) is 12.3 Å². The number of aromatic nitrogens is 3.